The molecular formula is C47H71N3O5. The highest BCUT2D eigenvalue weighted by molar-refractivity contribution is 5.90. The number of hydrogen-bond acceptors (Lipinski definition) is 5. The lowest BCUT2D eigenvalue weighted by Crippen LogP contribution is -2.69. The number of rotatable bonds is 7. The van der Waals surface area contributed by atoms with Crippen LogP contribution in [-0.4, -0.2) is 48.4 Å². The number of allylic oxidation sites excluding steroid dienone is 2. The molecule has 0 aliphatic heterocycles. The third kappa shape index (κ3) is 6.61. The van der Waals surface area contributed by atoms with Crippen LogP contribution in [0, 0.1) is 57.2 Å². The molecule has 3 N–H and O–H groups in total. The summed E-state index contributed by atoms with van der Waals surface area (Å²) in [6.07, 6.45) is 14.2. The third-order valence-electron chi connectivity index (χ3n) is 17.1. The first-order valence-electron chi connectivity index (χ1n) is 21.6. The Labute approximate surface area is 331 Å². The van der Waals surface area contributed by atoms with Gasteiger partial charge in [0.2, 0.25) is 0 Å². The van der Waals surface area contributed by atoms with Crippen molar-refractivity contribution in [2.24, 2.45) is 57.2 Å². The number of methoxy groups -OCH3 is 1. The van der Waals surface area contributed by atoms with Crippen LogP contribution in [0.5, 0.6) is 0 Å². The van der Waals surface area contributed by atoms with Crippen LogP contribution in [0.2, 0.25) is 0 Å². The van der Waals surface area contributed by atoms with Gasteiger partial charge in [0.25, 0.3) is 0 Å². The van der Waals surface area contributed by atoms with E-state index in [1.807, 2.05) is 32.9 Å². The maximum Gasteiger partial charge on any atom is 0.408 e. The lowest BCUT2D eigenvalue weighted by Gasteiger charge is -2.72. The first-order valence-corrected chi connectivity index (χ1v) is 21.6. The highest BCUT2D eigenvalue weighted by Crippen LogP contribution is 2.76. The molecule has 1 aromatic carbocycles. The minimum absolute atomic E-state index is 0.00747. The molecule has 8 nitrogen and oxygen atoms in total. The molecule has 0 bridgehead atoms. The van der Waals surface area contributed by atoms with Crippen LogP contribution in [0.3, 0.4) is 0 Å². The molecule has 6 aliphatic carbocycles. The molecule has 7 rings (SSSR count). The molecule has 0 saturated heterocycles. The van der Waals surface area contributed by atoms with Gasteiger partial charge in [-0.05, 0) is 172 Å². The second-order valence-corrected chi connectivity index (χ2v) is 21.6. The minimum Gasteiger partial charge on any atom is -0.465 e. The molecule has 0 unspecified atom stereocenters. The zero-order chi connectivity index (χ0) is 40.0. The van der Waals surface area contributed by atoms with Crippen LogP contribution in [0.1, 0.15) is 156 Å². The maximum absolute atomic E-state index is 13.9. The number of hydrogen-bond donors (Lipinski definition) is 3. The fourth-order valence-corrected chi connectivity index (χ4v) is 14.2. The molecule has 9 atom stereocenters. The highest BCUT2D eigenvalue weighted by Gasteiger charge is 2.70. The predicted molar refractivity (Wildman–Crippen MR) is 218 cm³/mol. The van der Waals surface area contributed by atoms with Gasteiger partial charge in [0, 0.05) is 12.1 Å². The van der Waals surface area contributed by atoms with E-state index in [0.717, 1.165) is 38.5 Å². The van der Waals surface area contributed by atoms with Crippen molar-refractivity contribution in [3.8, 4) is 0 Å². The van der Waals surface area contributed by atoms with Gasteiger partial charge in [-0.1, -0.05) is 66.7 Å². The summed E-state index contributed by atoms with van der Waals surface area (Å²) < 4.78 is 10.5. The molecule has 1 aromatic rings. The Bertz CT molecular complexity index is 1700. The van der Waals surface area contributed by atoms with Crippen molar-refractivity contribution in [1.29, 1.82) is 0 Å². The van der Waals surface area contributed by atoms with E-state index in [9.17, 15) is 14.4 Å². The van der Waals surface area contributed by atoms with Gasteiger partial charge in [0.05, 0.1) is 18.2 Å². The van der Waals surface area contributed by atoms with Gasteiger partial charge < -0.3 is 25.4 Å². The summed E-state index contributed by atoms with van der Waals surface area (Å²) >= 11 is 0. The second kappa shape index (κ2) is 13.5. The van der Waals surface area contributed by atoms with Gasteiger partial charge in [0.15, 0.2) is 0 Å². The second-order valence-electron chi connectivity index (χ2n) is 21.6. The molecule has 55 heavy (non-hydrogen) atoms. The van der Waals surface area contributed by atoms with Crippen LogP contribution in [-0.2, 0) is 9.47 Å². The molecule has 8 heteroatoms. The maximum atomic E-state index is 13.9. The van der Waals surface area contributed by atoms with Gasteiger partial charge in [-0.25, -0.2) is 14.4 Å². The van der Waals surface area contributed by atoms with Gasteiger partial charge >= 0.3 is 18.1 Å². The largest absolute Gasteiger partial charge is 0.465 e. The number of fused-ring (bicyclic) bond motifs is 7. The summed E-state index contributed by atoms with van der Waals surface area (Å²) in [6.45, 7) is 23.8. The molecule has 0 radical (unpaired) electrons. The number of urea groups is 1. The van der Waals surface area contributed by atoms with Crippen LogP contribution in [0.15, 0.2) is 30.3 Å². The molecule has 6 aliphatic rings. The van der Waals surface area contributed by atoms with Crippen molar-refractivity contribution in [2.45, 2.75) is 157 Å². The Morgan fingerprint density at radius 1 is 0.818 bits per heavy atom. The topological polar surface area (TPSA) is 106 Å². The fourth-order valence-electron chi connectivity index (χ4n) is 14.2. The quantitative estimate of drug-likeness (QED) is 0.240. The van der Waals surface area contributed by atoms with E-state index in [4.69, 9.17) is 9.47 Å². The average Bonchev–Trinajstić information content (AvgIpc) is 3.75. The average molecular weight is 758 g/mol. The Hall–Kier alpha value is -3.03. The van der Waals surface area contributed by atoms with E-state index >= 15 is 0 Å². The highest BCUT2D eigenvalue weighted by atomic mass is 16.6. The molecular weight excluding hydrogens is 687 g/mol. The van der Waals surface area contributed by atoms with E-state index in [0.29, 0.717) is 47.6 Å². The van der Waals surface area contributed by atoms with E-state index in [2.05, 4.69) is 82.6 Å². The first kappa shape index (κ1) is 40.2. The van der Waals surface area contributed by atoms with Gasteiger partial charge in [0.1, 0.15) is 5.60 Å². The summed E-state index contributed by atoms with van der Waals surface area (Å²) in [5.74, 6) is 3.09. The Balaban J connectivity index is 1.11. The van der Waals surface area contributed by atoms with Gasteiger partial charge in [-0.2, -0.15) is 0 Å². The van der Waals surface area contributed by atoms with E-state index in [1.165, 1.54) is 50.4 Å². The molecule has 0 spiro atoms. The Morgan fingerprint density at radius 2 is 1.51 bits per heavy atom. The van der Waals surface area contributed by atoms with Crippen LogP contribution >= 0.6 is 0 Å². The van der Waals surface area contributed by atoms with Gasteiger partial charge in [-0.15, -0.1) is 0 Å². The van der Waals surface area contributed by atoms with Gasteiger partial charge in [-0.3, -0.25) is 0 Å². The molecule has 0 aromatic heterocycles. The van der Waals surface area contributed by atoms with Crippen LogP contribution < -0.4 is 16.0 Å². The predicted octanol–water partition coefficient (Wildman–Crippen LogP) is 10.3. The first-order chi connectivity index (χ1) is 25.6. The molecule has 0 heterocycles. The molecule has 5 saturated carbocycles. The van der Waals surface area contributed by atoms with Crippen molar-refractivity contribution in [1.82, 2.24) is 16.0 Å². The molecule has 5 fully saturated rings. The fraction of sp³-hybridized carbons (Fsp3) is 0.766. The standard InChI is InChI=1S/C47H71N3O5/c1-29(2)32-18-23-47(49-39(52)48-28-46(25-26-46)50-40(53)55-41(3,4)5)27-24-44(9)34(37(32)47)16-17-36-43(8)21-19-33(30-12-14-31(15-13-30)38(51)54-11)42(6,7)35(43)20-22-45(36,44)10/h12-15,19,29,32,34-37H,16-18,20-28H2,1-11H3,(H,50,53)(H2,48,49,52)/t32-,34+,35-,36+,37+,43-,44+,45+,47-/m0/s1. The Kier molecular flexibility index (Phi) is 9.89. The minimum atomic E-state index is -0.562. The zero-order valence-electron chi connectivity index (χ0n) is 35.9. The summed E-state index contributed by atoms with van der Waals surface area (Å²) in [4.78, 5) is 38.7. The number of carbonyl (C=O) groups is 3. The summed E-state index contributed by atoms with van der Waals surface area (Å²) in [6, 6.07) is 7.96. The number of nitrogens with one attached hydrogen (secondary N) is 3. The van der Waals surface area contributed by atoms with Crippen molar-refractivity contribution in [3.05, 3.63) is 41.5 Å². The lowest BCUT2D eigenvalue weighted by atomic mass is 9.33. The third-order valence-corrected chi connectivity index (χ3v) is 17.1. The molecule has 304 valence electrons. The lowest BCUT2D eigenvalue weighted by molar-refractivity contribution is -0.220. The van der Waals surface area contributed by atoms with E-state index in [-0.39, 0.29) is 39.2 Å². The van der Waals surface area contributed by atoms with Crippen molar-refractivity contribution < 1.29 is 23.9 Å². The van der Waals surface area contributed by atoms with E-state index in [1.54, 1.807) is 0 Å². The zero-order valence-corrected chi connectivity index (χ0v) is 35.9. The van der Waals surface area contributed by atoms with E-state index < -0.39 is 17.2 Å². The summed E-state index contributed by atoms with van der Waals surface area (Å²) in [5, 5.41) is 9.93. The normalized spacial score (nSPS) is 38.3. The molecule has 3 amide bonds. The number of ether oxygens (including phenoxy) is 2. The monoisotopic (exact) mass is 758 g/mol. The Morgan fingerprint density at radius 3 is 2.13 bits per heavy atom. The summed E-state index contributed by atoms with van der Waals surface area (Å²) in [7, 11) is 1.44. The smallest absolute Gasteiger partial charge is 0.408 e. The number of carbonyl (C=O) groups excluding carboxylic acids is 3. The number of amides is 3. The number of benzene rings is 1. The van der Waals surface area contributed by atoms with Crippen LogP contribution in [0.4, 0.5) is 9.59 Å². The van der Waals surface area contributed by atoms with Crippen LogP contribution in [0.25, 0.3) is 5.57 Å². The van der Waals surface area contributed by atoms with Crippen molar-refractivity contribution in [2.75, 3.05) is 13.7 Å². The number of alkyl carbamates (subject to hydrolysis) is 1. The SMILES string of the molecule is COC(=O)c1ccc(C2=CC[C@]3(C)[C@H]4CC[C@@H]5[C@H]6[C@H](C(C)C)CC[C@]6(NC(=O)NCC6(NC(=O)OC(C)(C)C)CC6)CC[C@@]5(C)[C@]4(C)CC[C@H]3C2(C)C)cc1. The summed E-state index contributed by atoms with van der Waals surface area (Å²) in [5.41, 5.74) is 2.67. The van der Waals surface area contributed by atoms with Crippen molar-refractivity contribution >= 4 is 23.7 Å². The van der Waals surface area contributed by atoms with Crippen molar-refractivity contribution in [3.63, 3.8) is 0 Å². The number of esters is 1.